The number of rotatable bonds is 3. The molecule has 1 aliphatic rings. The Morgan fingerprint density at radius 3 is 2.78 bits per heavy atom. The van der Waals surface area contributed by atoms with Gasteiger partial charge in [-0.15, -0.1) is 0 Å². The normalized spacial score (nSPS) is 11.7. The lowest BCUT2D eigenvalue weighted by molar-refractivity contribution is -0.384. The number of nitriles is 1. The molecule has 0 bridgehead atoms. The highest BCUT2D eigenvalue weighted by Gasteiger charge is 2.24. The lowest BCUT2D eigenvalue weighted by Crippen LogP contribution is -2.11. The van der Waals surface area contributed by atoms with Crippen LogP contribution >= 0.6 is 0 Å². The Hall–Kier alpha value is -2.82. The monoisotopic (exact) mass is 249 g/mol. The molecule has 1 heterocycles. The van der Waals surface area contributed by atoms with E-state index in [2.05, 4.69) is 5.32 Å². The number of ether oxygens (including phenoxy) is 2. The van der Waals surface area contributed by atoms with Crippen molar-refractivity contribution in [3.8, 4) is 17.6 Å². The van der Waals surface area contributed by atoms with Crippen LogP contribution in [0.15, 0.2) is 12.1 Å². The second-order valence-electron chi connectivity index (χ2n) is 3.36. The van der Waals surface area contributed by atoms with E-state index < -0.39 is 10.8 Å². The van der Waals surface area contributed by atoms with Gasteiger partial charge in [-0.05, 0) is 0 Å². The van der Waals surface area contributed by atoms with Crippen LogP contribution in [0.3, 0.4) is 0 Å². The molecule has 1 aliphatic heterocycles. The molecule has 8 heteroatoms. The zero-order valence-corrected chi connectivity index (χ0v) is 9.00. The number of hydrogen-bond acceptors (Lipinski definition) is 6. The maximum atomic E-state index is 11.3. The minimum Gasteiger partial charge on any atom is -0.454 e. The molecule has 0 spiro atoms. The first-order chi connectivity index (χ1) is 8.61. The summed E-state index contributed by atoms with van der Waals surface area (Å²) >= 11 is 0. The van der Waals surface area contributed by atoms with E-state index in [9.17, 15) is 14.9 Å². The van der Waals surface area contributed by atoms with Crippen LogP contribution in [0.2, 0.25) is 0 Å². The molecular formula is C10H7N3O5. The van der Waals surface area contributed by atoms with E-state index in [1.165, 1.54) is 12.1 Å². The minimum absolute atomic E-state index is 0.0236. The summed E-state index contributed by atoms with van der Waals surface area (Å²) in [5, 5.41) is 21.5. The van der Waals surface area contributed by atoms with Crippen LogP contribution in [0.4, 0.5) is 11.4 Å². The van der Waals surface area contributed by atoms with Gasteiger partial charge in [0.05, 0.1) is 17.1 Å². The topological polar surface area (TPSA) is 114 Å². The van der Waals surface area contributed by atoms with Crippen molar-refractivity contribution >= 4 is 17.3 Å². The summed E-state index contributed by atoms with van der Waals surface area (Å²) in [4.78, 5) is 21.5. The quantitative estimate of drug-likeness (QED) is 0.635. The van der Waals surface area contributed by atoms with Gasteiger partial charge in [0, 0.05) is 6.07 Å². The van der Waals surface area contributed by atoms with Crippen LogP contribution < -0.4 is 14.8 Å². The van der Waals surface area contributed by atoms with Crippen molar-refractivity contribution in [2.75, 3.05) is 12.1 Å². The van der Waals surface area contributed by atoms with E-state index in [1.807, 2.05) is 0 Å². The third-order valence-electron chi connectivity index (χ3n) is 2.20. The number of benzene rings is 1. The Labute approximate surface area is 101 Å². The molecule has 2 rings (SSSR count). The minimum atomic E-state index is -0.649. The van der Waals surface area contributed by atoms with Crippen molar-refractivity contribution in [3.63, 3.8) is 0 Å². The third-order valence-corrected chi connectivity index (χ3v) is 2.20. The highest BCUT2D eigenvalue weighted by molar-refractivity contribution is 5.94. The number of fused-ring (bicyclic) bond motifs is 1. The standard InChI is InChI=1S/C10H7N3O5/c11-2-1-10(14)12-6-3-8-9(18-5-17-8)4-7(6)13(15)16/h3-4H,1,5H2,(H,12,14). The highest BCUT2D eigenvalue weighted by atomic mass is 16.7. The Bertz CT molecular complexity index is 563. The third kappa shape index (κ3) is 2.15. The number of anilines is 1. The Morgan fingerprint density at radius 2 is 2.17 bits per heavy atom. The van der Waals surface area contributed by atoms with Crippen LogP contribution in [-0.2, 0) is 4.79 Å². The number of carbonyl (C=O) groups excluding carboxylic acids is 1. The first kappa shape index (κ1) is 11.7. The van der Waals surface area contributed by atoms with E-state index in [0.717, 1.165) is 0 Å². The zero-order valence-electron chi connectivity index (χ0n) is 9.00. The van der Waals surface area contributed by atoms with Crippen molar-refractivity contribution in [1.29, 1.82) is 5.26 Å². The molecule has 8 nitrogen and oxygen atoms in total. The average molecular weight is 249 g/mol. The van der Waals surface area contributed by atoms with Crippen molar-refractivity contribution in [2.45, 2.75) is 6.42 Å². The summed E-state index contributed by atoms with van der Waals surface area (Å²) in [5.74, 6) is -0.0627. The van der Waals surface area contributed by atoms with Crippen LogP contribution in [-0.4, -0.2) is 17.6 Å². The molecule has 0 atom stereocenters. The summed E-state index contributed by atoms with van der Waals surface area (Å²) in [6, 6.07) is 4.12. The first-order valence-electron chi connectivity index (χ1n) is 4.86. The maximum Gasteiger partial charge on any atom is 0.296 e. The molecule has 1 aromatic rings. The predicted octanol–water partition coefficient (Wildman–Crippen LogP) is 1.18. The fourth-order valence-corrected chi connectivity index (χ4v) is 1.45. The summed E-state index contributed by atoms with van der Waals surface area (Å²) < 4.78 is 10.1. The summed E-state index contributed by atoms with van der Waals surface area (Å²) in [6.45, 7) is -0.0257. The van der Waals surface area contributed by atoms with Gasteiger partial charge in [-0.3, -0.25) is 14.9 Å². The number of hydrogen-bond donors (Lipinski definition) is 1. The van der Waals surface area contributed by atoms with Crippen molar-refractivity contribution < 1.29 is 19.2 Å². The summed E-state index contributed by atoms with van der Waals surface area (Å²) in [6.07, 6.45) is -0.383. The largest absolute Gasteiger partial charge is 0.454 e. The van der Waals surface area contributed by atoms with Crippen LogP contribution in [0.1, 0.15) is 6.42 Å². The number of carbonyl (C=O) groups is 1. The fraction of sp³-hybridized carbons (Fsp3) is 0.200. The van der Waals surface area contributed by atoms with Gasteiger partial charge in [0.1, 0.15) is 12.1 Å². The molecule has 0 saturated carbocycles. The van der Waals surface area contributed by atoms with Crippen LogP contribution in [0.5, 0.6) is 11.5 Å². The smallest absolute Gasteiger partial charge is 0.296 e. The van der Waals surface area contributed by atoms with E-state index in [-0.39, 0.29) is 30.3 Å². The molecule has 1 N–H and O–H groups in total. The van der Waals surface area contributed by atoms with Crippen LogP contribution in [0.25, 0.3) is 0 Å². The second-order valence-corrected chi connectivity index (χ2v) is 3.36. The molecule has 92 valence electrons. The second kappa shape index (κ2) is 4.58. The van der Waals surface area contributed by atoms with E-state index in [1.54, 1.807) is 6.07 Å². The van der Waals surface area contributed by atoms with Gasteiger partial charge in [0.15, 0.2) is 11.5 Å². The van der Waals surface area contributed by atoms with Gasteiger partial charge in [-0.25, -0.2) is 0 Å². The molecule has 0 aromatic heterocycles. The van der Waals surface area contributed by atoms with Crippen molar-refractivity contribution in [3.05, 3.63) is 22.2 Å². The first-order valence-corrected chi connectivity index (χ1v) is 4.86. The van der Waals surface area contributed by atoms with Gasteiger partial charge in [0.25, 0.3) is 5.69 Å². The van der Waals surface area contributed by atoms with Gasteiger partial charge in [0.2, 0.25) is 12.7 Å². The van der Waals surface area contributed by atoms with Crippen molar-refractivity contribution in [2.24, 2.45) is 0 Å². The molecule has 1 aromatic carbocycles. The van der Waals surface area contributed by atoms with Gasteiger partial charge < -0.3 is 14.8 Å². The van der Waals surface area contributed by atoms with E-state index >= 15 is 0 Å². The number of nitrogens with one attached hydrogen (secondary N) is 1. The average Bonchev–Trinajstić information content (AvgIpc) is 2.74. The Kier molecular flexibility index (Phi) is 2.97. The molecule has 1 amide bonds. The number of nitro groups is 1. The lowest BCUT2D eigenvalue weighted by atomic mass is 10.2. The number of nitrogens with zero attached hydrogens (tertiary/aromatic N) is 2. The Morgan fingerprint density at radius 1 is 1.50 bits per heavy atom. The molecule has 18 heavy (non-hydrogen) atoms. The molecule has 0 saturated heterocycles. The predicted molar refractivity (Wildman–Crippen MR) is 58.1 cm³/mol. The SMILES string of the molecule is N#CCC(=O)Nc1cc2c(cc1[N+](=O)[O-])OCO2. The number of amides is 1. The number of nitro benzene ring substituents is 1. The highest BCUT2D eigenvalue weighted by Crippen LogP contribution is 2.40. The summed E-state index contributed by atoms with van der Waals surface area (Å²) in [5.41, 5.74) is -0.338. The zero-order chi connectivity index (χ0) is 13.1. The van der Waals surface area contributed by atoms with Crippen LogP contribution in [0, 0.1) is 21.4 Å². The lowest BCUT2D eigenvalue weighted by Gasteiger charge is -2.05. The van der Waals surface area contributed by atoms with Gasteiger partial charge in [-0.2, -0.15) is 5.26 Å². The molecule has 0 radical (unpaired) electrons. The molecule has 0 aliphatic carbocycles. The summed E-state index contributed by atoms with van der Waals surface area (Å²) in [7, 11) is 0. The fourth-order valence-electron chi connectivity index (χ4n) is 1.45. The molecule has 0 fully saturated rings. The molecule has 0 unspecified atom stereocenters. The molecular weight excluding hydrogens is 242 g/mol. The van der Waals surface area contributed by atoms with Crippen molar-refractivity contribution in [1.82, 2.24) is 0 Å². The van der Waals surface area contributed by atoms with E-state index in [4.69, 9.17) is 14.7 Å². The Balaban J connectivity index is 2.36. The maximum absolute atomic E-state index is 11.3. The van der Waals surface area contributed by atoms with Gasteiger partial charge >= 0.3 is 0 Å². The van der Waals surface area contributed by atoms with E-state index in [0.29, 0.717) is 5.75 Å². The van der Waals surface area contributed by atoms with Gasteiger partial charge in [-0.1, -0.05) is 0 Å².